The summed E-state index contributed by atoms with van der Waals surface area (Å²) in [6.45, 7) is 6.29. The minimum Gasteiger partial charge on any atom is -0.493 e. The first-order chi connectivity index (χ1) is 20.9. The van der Waals surface area contributed by atoms with Crippen LogP contribution in [0.2, 0.25) is 0 Å². The van der Waals surface area contributed by atoms with Gasteiger partial charge in [-0.1, -0.05) is 32.9 Å². The lowest BCUT2D eigenvalue weighted by Gasteiger charge is -2.50. The maximum atomic E-state index is 15.0. The van der Waals surface area contributed by atoms with Crippen molar-refractivity contribution in [2.24, 2.45) is 11.3 Å². The second kappa shape index (κ2) is 12.7. The van der Waals surface area contributed by atoms with E-state index in [0.29, 0.717) is 29.2 Å². The molecule has 0 aliphatic carbocycles. The van der Waals surface area contributed by atoms with Crippen LogP contribution in [0.15, 0.2) is 54.6 Å². The highest BCUT2D eigenvalue weighted by atomic mass is 19.1. The molecular weight excluding hydrogens is 577 g/mol. The Bertz CT molecular complexity index is 1520. The number of rotatable bonds is 8. The molecule has 8 nitrogen and oxygen atoms in total. The van der Waals surface area contributed by atoms with Crippen molar-refractivity contribution in [1.29, 1.82) is 0 Å². The first kappa shape index (κ1) is 31.0. The van der Waals surface area contributed by atoms with E-state index in [1.807, 2.05) is 20.8 Å². The van der Waals surface area contributed by atoms with Gasteiger partial charge in [-0.2, -0.15) is 0 Å². The largest absolute Gasteiger partial charge is 0.493 e. The summed E-state index contributed by atoms with van der Waals surface area (Å²) in [5.41, 5.74) is -0.191. The maximum Gasteiger partial charge on any atom is 0.407 e. The fourth-order valence-corrected chi connectivity index (χ4v) is 6.30. The average molecular weight is 613 g/mol. The topological polar surface area (TPSA) is 97.3 Å². The molecule has 0 radical (unpaired) electrons. The number of piperidine rings is 1. The van der Waals surface area contributed by atoms with Gasteiger partial charge in [0.15, 0.2) is 11.5 Å². The van der Waals surface area contributed by atoms with Crippen LogP contribution in [0.4, 0.5) is 18.0 Å². The van der Waals surface area contributed by atoms with Crippen LogP contribution < -0.4 is 19.5 Å². The molecule has 0 saturated carbocycles. The van der Waals surface area contributed by atoms with E-state index in [9.17, 15) is 27.9 Å². The van der Waals surface area contributed by atoms with Gasteiger partial charge in [-0.3, -0.25) is 4.79 Å². The number of hydrogen-bond acceptors (Lipinski definition) is 5. The SMILES string of the molecule is CC(C)(C)C1[C@@H](COc2ccc3c(c2)OCO3)[C@H](c2ccc(F)c(C(=O)NCCc3c(F)cccc3F)c2)CCN1C(=O)O. The minimum atomic E-state index is -1.04. The van der Waals surface area contributed by atoms with Crippen molar-refractivity contribution in [2.45, 2.75) is 45.6 Å². The number of carbonyl (C=O) groups is 2. The molecule has 0 bridgehead atoms. The standard InChI is InChI=1S/C33H35F3N2O6/c1-33(2,3)30-24(17-42-20-8-10-28-29(16-20)44-18-43-28)21(12-14-38(30)32(40)41)19-7-9-27(36)23(15-19)31(39)37-13-11-22-25(34)5-4-6-26(22)35/h4-10,15-16,21,24,30H,11-14,17-18H2,1-3H3,(H,37,39)(H,40,41)/t21-,24-,30?/m0/s1. The van der Waals surface area contributed by atoms with Crippen molar-refractivity contribution < 1.29 is 42.1 Å². The zero-order valence-electron chi connectivity index (χ0n) is 24.7. The molecule has 2 aliphatic heterocycles. The van der Waals surface area contributed by atoms with Crippen molar-refractivity contribution in [2.75, 3.05) is 26.5 Å². The number of halogens is 3. The molecule has 3 aromatic rings. The average Bonchev–Trinajstić information content (AvgIpc) is 3.45. The number of fused-ring (bicyclic) bond motifs is 1. The number of carbonyl (C=O) groups excluding carboxylic acids is 1. The number of carboxylic acid groups (broad SMARTS) is 1. The molecule has 3 aromatic carbocycles. The number of nitrogens with one attached hydrogen (secondary N) is 1. The lowest BCUT2D eigenvalue weighted by molar-refractivity contribution is -0.00444. The monoisotopic (exact) mass is 612 g/mol. The molecule has 1 fully saturated rings. The van der Waals surface area contributed by atoms with E-state index in [-0.39, 0.29) is 55.9 Å². The maximum absolute atomic E-state index is 15.0. The van der Waals surface area contributed by atoms with Gasteiger partial charge in [0.2, 0.25) is 6.79 Å². The number of hydrogen-bond donors (Lipinski definition) is 2. The first-order valence-electron chi connectivity index (χ1n) is 14.5. The summed E-state index contributed by atoms with van der Waals surface area (Å²) in [7, 11) is 0. The highest BCUT2D eigenvalue weighted by molar-refractivity contribution is 5.94. The summed E-state index contributed by atoms with van der Waals surface area (Å²) in [4.78, 5) is 26.8. The Morgan fingerprint density at radius 3 is 2.43 bits per heavy atom. The van der Waals surface area contributed by atoms with Crippen LogP contribution in [0.25, 0.3) is 0 Å². The van der Waals surface area contributed by atoms with Gasteiger partial charge in [0.25, 0.3) is 5.91 Å². The molecule has 2 amide bonds. The zero-order valence-corrected chi connectivity index (χ0v) is 24.7. The smallest absolute Gasteiger partial charge is 0.407 e. The van der Waals surface area contributed by atoms with E-state index in [4.69, 9.17) is 14.2 Å². The number of nitrogens with zero attached hydrogens (tertiary/aromatic N) is 1. The van der Waals surface area contributed by atoms with Crippen molar-refractivity contribution >= 4 is 12.0 Å². The molecule has 0 spiro atoms. The predicted octanol–water partition coefficient (Wildman–Crippen LogP) is 6.38. The normalized spacial score (nSPS) is 19.5. The lowest BCUT2D eigenvalue weighted by atomic mass is 9.68. The molecule has 0 aromatic heterocycles. The quantitative estimate of drug-likeness (QED) is 0.306. The fourth-order valence-electron chi connectivity index (χ4n) is 6.30. The second-order valence-electron chi connectivity index (χ2n) is 12.1. The summed E-state index contributed by atoms with van der Waals surface area (Å²) < 4.78 is 60.0. The van der Waals surface area contributed by atoms with E-state index < -0.39 is 40.9 Å². The minimum absolute atomic E-state index is 0.102. The number of amides is 2. The van der Waals surface area contributed by atoms with Crippen LogP contribution in [0.5, 0.6) is 17.2 Å². The summed E-state index contributed by atoms with van der Waals surface area (Å²) in [6.07, 6.45) is -0.721. The van der Waals surface area contributed by atoms with Gasteiger partial charge in [-0.15, -0.1) is 0 Å². The van der Waals surface area contributed by atoms with Gasteiger partial charge in [-0.05, 0) is 66.1 Å². The Hall–Kier alpha value is -4.41. The Morgan fingerprint density at radius 1 is 1.00 bits per heavy atom. The third-order valence-electron chi connectivity index (χ3n) is 8.24. The van der Waals surface area contributed by atoms with Crippen LogP contribution in [0.1, 0.15) is 54.6 Å². The van der Waals surface area contributed by atoms with Crippen molar-refractivity contribution in [1.82, 2.24) is 10.2 Å². The number of ether oxygens (including phenoxy) is 3. The van der Waals surface area contributed by atoms with E-state index in [1.54, 1.807) is 24.3 Å². The first-order valence-corrected chi connectivity index (χ1v) is 14.5. The van der Waals surface area contributed by atoms with Gasteiger partial charge in [-0.25, -0.2) is 18.0 Å². The Morgan fingerprint density at radius 2 is 1.73 bits per heavy atom. The van der Waals surface area contributed by atoms with Gasteiger partial charge < -0.3 is 29.5 Å². The third kappa shape index (κ3) is 6.56. The molecular formula is C33H35F3N2O6. The van der Waals surface area contributed by atoms with Gasteiger partial charge >= 0.3 is 6.09 Å². The third-order valence-corrected chi connectivity index (χ3v) is 8.24. The number of likely N-dealkylation sites (tertiary alicyclic amines) is 1. The van der Waals surface area contributed by atoms with Crippen LogP contribution in [-0.4, -0.2) is 54.5 Å². The van der Waals surface area contributed by atoms with E-state index in [1.165, 1.54) is 23.1 Å². The molecule has 1 saturated heterocycles. The van der Waals surface area contributed by atoms with Gasteiger partial charge in [0, 0.05) is 36.7 Å². The summed E-state index contributed by atoms with van der Waals surface area (Å²) in [5.74, 6) is -1.86. The molecule has 2 heterocycles. The van der Waals surface area contributed by atoms with Crippen LogP contribution in [0, 0.1) is 28.8 Å². The molecule has 1 unspecified atom stereocenters. The molecule has 234 valence electrons. The van der Waals surface area contributed by atoms with Crippen LogP contribution in [-0.2, 0) is 6.42 Å². The molecule has 2 aliphatic rings. The van der Waals surface area contributed by atoms with Crippen molar-refractivity contribution in [3.63, 3.8) is 0 Å². The van der Waals surface area contributed by atoms with Crippen molar-refractivity contribution in [3.8, 4) is 17.2 Å². The molecule has 2 N–H and O–H groups in total. The van der Waals surface area contributed by atoms with Crippen molar-refractivity contribution in [3.05, 3.63) is 88.7 Å². The lowest BCUT2D eigenvalue weighted by Crippen LogP contribution is -2.57. The Balaban J connectivity index is 1.40. The second-order valence-corrected chi connectivity index (χ2v) is 12.1. The Kier molecular flexibility index (Phi) is 8.94. The molecule has 3 atom stereocenters. The van der Waals surface area contributed by atoms with E-state index >= 15 is 0 Å². The predicted molar refractivity (Wildman–Crippen MR) is 156 cm³/mol. The molecule has 11 heteroatoms. The zero-order chi connectivity index (χ0) is 31.6. The van der Waals surface area contributed by atoms with Gasteiger partial charge in [0.1, 0.15) is 23.2 Å². The highest BCUT2D eigenvalue weighted by Gasteiger charge is 2.47. The molecule has 44 heavy (non-hydrogen) atoms. The molecule has 5 rings (SSSR count). The fraction of sp³-hybridized carbons (Fsp3) is 0.394. The van der Waals surface area contributed by atoms with Crippen LogP contribution >= 0.6 is 0 Å². The summed E-state index contributed by atoms with van der Waals surface area (Å²) in [6, 6.07) is 12.6. The summed E-state index contributed by atoms with van der Waals surface area (Å²) >= 11 is 0. The Labute approximate surface area is 253 Å². The number of benzene rings is 3. The van der Waals surface area contributed by atoms with E-state index in [2.05, 4.69) is 5.32 Å². The van der Waals surface area contributed by atoms with E-state index in [0.717, 1.165) is 12.1 Å². The van der Waals surface area contributed by atoms with Crippen LogP contribution in [0.3, 0.4) is 0 Å². The highest BCUT2D eigenvalue weighted by Crippen LogP contribution is 2.44. The summed E-state index contributed by atoms with van der Waals surface area (Å²) in [5, 5.41) is 12.7. The van der Waals surface area contributed by atoms with Gasteiger partial charge in [0.05, 0.1) is 12.2 Å².